The molecule has 3 unspecified atom stereocenters. The van der Waals surface area contributed by atoms with E-state index < -0.39 is 11.9 Å². The summed E-state index contributed by atoms with van der Waals surface area (Å²) in [5.41, 5.74) is 0. The topological polar surface area (TPSA) is 38.7 Å². The normalized spacial score (nSPS) is 26.3. The summed E-state index contributed by atoms with van der Waals surface area (Å²) < 4.78 is 11.7. The number of ether oxygens (including phenoxy) is 2. The highest BCUT2D eigenvalue weighted by Crippen LogP contribution is 2.33. The van der Waals surface area contributed by atoms with E-state index in [9.17, 15) is 5.11 Å². The number of aliphatic hydroxyl groups is 1. The summed E-state index contributed by atoms with van der Waals surface area (Å²) in [6.07, 6.45) is 0.697. The van der Waals surface area contributed by atoms with E-state index in [1.54, 1.807) is 0 Å². The zero-order chi connectivity index (χ0) is 14.5. The van der Waals surface area contributed by atoms with Gasteiger partial charge in [-0.05, 0) is 38.0 Å². The SMILES string of the molecule is CCC(O)C#CC#CCC1OC(C)(C)OC1C(C)C. The molecule has 0 aliphatic carbocycles. The van der Waals surface area contributed by atoms with Crippen molar-refractivity contribution in [1.82, 2.24) is 0 Å². The maximum atomic E-state index is 9.27. The van der Waals surface area contributed by atoms with Crippen molar-refractivity contribution >= 4 is 0 Å². The molecule has 0 bridgehead atoms. The van der Waals surface area contributed by atoms with Crippen LogP contribution in [0.5, 0.6) is 0 Å². The maximum Gasteiger partial charge on any atom is 0.163 e. The first-order valence-electron chi connectivity index (χ1n) is 6.88. The van der Waals surface area contributed by atoms with Crippen LogP contribution < -0.4 is 0 Å². The van der Waals surface area contributed by atoms with Crippen molar-refractivity contribution in [3.8, 4) is 23.7 Å². The summed E-state index contributed by atoms with van der Waals surface area (Å²) in [5, 5.41) is 9.27. The first-order chi connectivity index (χ1) is 8.85. The third-order valence-electron chi connectivity index (χ3n) is 2.96. The lowest BCUT2D eigenvalue weighted by atomic mass is 10.00. The van der Waals surface area contributed by atoms with Crippen molar-refractivity contribution in [1.29, 1.82) is 0 Å². The van der Waals surface area contributed by atoms with Gasteiger partial charge in [-0.15, -0.1) is 0 Å². The fourth-order valence-electron chi connectivity index (χ4n) is 2.00. The number of hydrogen-bond donors (Lipinski definition) is 1. The van der Waals surface area contributed by atoms with Gasteiger partial charge in [0.15, 0.2) is 5.79 Å². The summed E-state index contributed by atoms with van der Waals surface area (Å²) >= 11 is 0. The molecule has 1 rings (SSSR count). The van der Waals surface area contributed by atoms with Crippen LogP contribution >= 0.6 is 0 Å². The van der Waals surface area contributed by atoms with Gasteiger partial charge in [0.1, 0.15) is 6.10 Å². The minimum atomic E-state index is -0.581. The van der Waals surface area contributed by atoms with Gasteiger partial charge in [0, 0.05) is 6.42 Å². The van der Waals surface area contributed by atoms with E-state index in [0.29, 0.717) is 18.8 Å². The van der Waals surface area contributed by atoms with Crippen LogP contribution in [0.2, 0.25) is 0 Å². The van der Waals surface area contributed by atoms with E-state index in [0.717, 1.165) is 0 Å². The lowest BCUT2D eigenvalue weighted by Crippen LogP contribution is -2.27. The molecule has 3 atom stereocenters. The number of rotatable bonds is 3. The van der Waals surface area contributed by atoms with Crippen LogP contribution in [-0.2, 0) is 9.47 Å². The predicted molar refractivity (Wildman–Crippen MR) is 75.1 cm³/mol. The fourth-order valence-corrected chi connectivity index (χ4v) is 2.00. The van der Waals surface area contributed by atoms with Gasteiger partial charge in [-0.3, -0.25) is 0 Å². The zero-order valence-electron chi connectivity index (χ0n) is 12.5. The van der Waals surface area contributed by atoms with Crippen LogP contribution in [0.4, 0.5) is 0 Å². The van der Waals surface area contributed by atoms with Crippen molar-refractivity contribution in [3.63, 3.8) is 0 Å². The van der Waals surface area contributed by atoms with Crippen molar-refractivity contribution in [2.24, 2.45) is 5.92 Å². The van der Waals surface area contributed by atoms with Gasteiger partial charge in [0.2, 0.25) is 0 Å². The molecular weight excluding hydrogens is 240 g/mol. The number of hydrogen-bond acceptors (Lipinski definition) is 3. The molecule has 1 N–H and O–H groups in total. The standard InChI is InChI=1S/C16H24O3/c1-6-13(17)10-8-7-9-11-14-15(12(2)3)19-16(4,5)18-14/h12-15,17H,6,11H2,1-5H3. The molecule has 0 radical (unpaired) electrons. The van der Waals surface area contributed by atoms with Gasteiger partial charge in [-0.1, -0.05) is 32.6 Å². The molecule has 0 saturated carbocycles. The molecule has 1 aliphatic rings. The van der Waals surface area contributed by atoms with E-state index >= 15 is 0 Å². The van der Waals surface area contributed by atoms with Gasteiger partial charge >= 0.3 is 0 Å². The Morgan fingerprint density at radius 3 is 2.47 bits per heavy atom. The second-order valence-electron chi connectivity index (χ2n) is 5.58. The monoisotopic (exact) mass is 264 g/mol. The van der Waals surface area contributed by atoms with Gasteiger partial charge in [-0.2, -0.15) is 0 Å². The Balaban J connectivity index is 2.56. The molecule has 1 heterocycles. The quantitative estimate of drug-likeness (QED) is 0.795. The first-order valence-corrected chi connectivity index (χ1v) is 6.88. The molecule has 0 aromatic heterocycles. The molecule has 0 spiro atoms. The lowest BCUT2D eigenvalue weighted by molar-refractivity contribution is -0.149. The first kappa shape index (κ1) is 16.1. The fraction of sp³-hybridized carbons (Fsp3) is 0.750. The Morgan fingerprint density at radius 1 is 1.21 bits per heavy atom. The molecule has 0 aromatic carbocycles. The molecule has 3 heteroatoms. The van der Waals surface area contributed by atoms with Gasteiger partial charge in [-0.25, -0.2) is 0 Å². The Kier molecular flexibility index (Phi) is 5.88. The summed E-state index contributed by atoms with van der Waals surface area (Å²) in [6.45, 7) is 9.97. The Bertz CT molecular complexity index is 403. The Labute approximate surface area is 116 Å². The molecule has 1 fully saturated rings. The second-order valence-corrected chi connectivity index (χ2v) is 5.58. The van der Waals surface area contributed by atoms with E-state index in [1.807, 2.05) is 20.8 Å². The van der Waals surface area contributed by atoms with Gasteiger partial charge < -0.3 is 14.6 Å². The van der Waals surface area contributed by atoms with Crippen LogP contribution in [0.25, 0.3) is 0 Å². The van der Waals surface area contributed by atoms with Crippen LogP contribution in [0.3, 0.4) is 0 Å². The molecule has 1 aliphatic heterocycles. The lowest BCUT2D eigenvalue weighted by Gasteiger charge is -2.19. The third-order valence-corrected chi connectivity index (χ3v) is 2.96. The average molecular weight is 264 g/mol. The van der Waals surface area contributed by atoms with Gasteiger partial charge in [0.25, 0.3) is 0 Å². The minimum Gasteiger partial charge on any atom is -0.380 e. The molecule has 19 heavy (non-hydrogen) atoms. The smallest absolute Gasteiger partial charge is 0.163 e. The van der Waals surface area contributed by atoms with E-state index in [4.69, 9.17) is 9.47 Å². The van der Waals surface area contributed by atoms with E-state index in [1.165, 1.54) is 0 Å². The Morgan fingerprint density at radius 2 is 1.89 bits per heavy atom. The second kappa shape index (κ2) is 6.96. The van der Waals surface area contributed by atoms with Crippen LogP contribution in [0.1, 0.15) is 47.5 Å². The average Bonchev–Trinajstić information content (AvgIpc) is 2.64. The van der Waals surface area contributed by atoms with Crippen molar-refractivity contribution in [2.45, 2.75) is 71.6 Å². The Hall–Kier alpha value is -1.00. The molecule has 1 saturated heterocycles. The largest absolute Gasteiger partial charge is 0.380 e. The minimum absolute atomic E-state index is 0.0135. The van der Waals surface area contributed by atoms with Crippen LogP contribution in [0.15, 0.2) is 0 Å². The summed E-state index contributed by atoms with van der Waals surface area (Å²) in [5.74, 6) is 10.9. The molecule has 0 amide bonds. The van der Waals surface area contributed by atoms with Crippen molar-refractivity contribution < 1.29 is 14.6 Å². The molecule has 3 nitrogen and oxygen atoms in total. The van der Waals surface area contributed by atoms with Crippen molar-refractivity contribution in [2.75, 3.05) is 0 Å². The predicted octanol–water partition coefficient (Wildman–Crippen LogP) is 2.33. The molecule has 0 aromatic rings. The maximum absolute atomic E-state index is 9.27. The van der Waals surface area contributed by atoms with E-state index in [2.05, 4.69) is 37.5 Å². The third kappa shape index (κ3) is 5.25. The molecular formula is C16H24O3. The van der Waals surface area contributed by atoms with Crippen molar-refractivity contribution in [3.05, 3.63) is 0 Å². The number of aliphatic hydroxyl groups excluding tert-OH is 1. The van der Waals surface area contributed by atoms with Crippen LogP contribution in [0, 0.1) is 29.6 Å². The summed E-state index contributed by atoms with van der Waals surface area (Å²) in [6, 6.07) is 0. The highest BCUT2D eigenvalue weighted by molar-refractivity contribution is 5.27. The molecule has 106 valence electrons. The summed E-state index contributed by atoms with van der Waals surface area (Å²) in [7, 11) is 0. The summed E-state index contributed by atoms with van der Waals surface area (Å²) in [4.78, 5) is 0. The zero-order valence-corrected chi connectivity index (χ0v) is 12.5. The van der Waals surface area contributed by atoms with Gasteiger partial charge in [0.05, 0.1) is 12.2 Å². The van der Waals surface area contributed by atoms with Crippen LogP contribution in [-0.4, -0.2) is 29.2 Å². The highest BCUT2D eigenvalue weighted by Gasteiger charge is 2.41. The highest BCUT2D eigenvalue weighted by atomic mass is 16.7. The van der Waals surface area contributed by atoms with E-state index in [-0.39, 0.29) is 12.2 Å².